The van der Waals surface area contributed by atoms with Crippen LogP contribution in [0, 0.1) is 5.41 Å². The van der Waals surface area contributed by atoms with E-state index in [1.54, 1.807) is 0 Å². The Hall–Kier alpha value is -2.59. The van der Waals surface area contributed by atoms with Crippen LogP contribution >= 0.6 is 0 Å². The van der Waals surface area contributed by atoms with Gasteiger partial charge in [-0.2, -0.15) is 0 Å². The lowest BCUT2D eigenvalue weighted by molar-refractivity contribution is 0.134. The molecule has 4 rings (SSSR count). The fourth-order valence-corrected chi connectivity index (χ4v) is 3.03. The van der Waals surface area contributed by atoms with E-state index in [0.717, 1.165) is 16.8 Å². The third kappa shape index (κ3) is 2.00. The maximum atomic E-state index is 10.3. The van der Waals surface area contributed by atoms with Crippen molar-refractivity contribution in [3.63, 3.8) is 0 Å². The zero-order valence-electron chi connectivity index (χ0n) is 12.0. The zero-order chi connectivity index (χ0) is 15.1. The van der Waals surface area contributed by atoms with Crippen LogP contribution in [-0.2, 0) is 18.0 Å². The molecule has 2 aromatic rings. The first-order valence-corrected chi connectivity index (χ1v) is 7.27. The molecule has 0 radical (unpaired) electrons. The summed E-state index contributed by atoms with van der Waals surface area (Å²) in [6.45, 7) is 1.61. The van der Waals surface area contributed by atoms with Crippen molar-refractivity contribution in [2.24, 2.45) is 0 Å². The van der Waals surface area contributed by atoms with Crippen LogP contribution in [0.3, 0.4) is 0 Å². The summed E-state index contributed by atoms with van der Waals surface area (Å²) >= 11 is 0. The molecule has 2 aromatic carbocycles. The molecule has 0 spiro atoms. The number of hydrogen-bond donors (Lipinski definition) is 2. The Balaban J connectivity index is 1.68. The minimum Gasteiger partial charge on any atom is -0.510 e. The minimum absolute atomic E-state index is 0.243. The average Bonchev–Trinajstić information content (AvgIpc) is 3.11. The van der Waals surface area contributed by atoms with Gasteiger partial charge in [-0.15, -0.1) is 0 Å². The van der Waals surface area contributed by atoms with Gasteiger partial charge in [0.1, 0.15) is 11.6 Å². The molecule has 2 heterocycles. The first kappa shape index (κ1) is 13.1. The molecule has 2 N–H and O–H groups in total. The number of rotatable bonds is 2. The Morgan fingerprint density at radius 2 is 1.77 bits per heavy atom. The van der Waals surface area contributed by atoms with E-state index >= 15 is 0 Å². The molecular weight excluding hydrogens is 276 g/mol. The topological polar surface area (TPSA) is 56.5 Å². The highest BCUT2D eigenvalue weighted by Gasteiger charge is 2.29. The fraction of sp³-hybridized carbons (Fsp3) is 0.167. The second-order valence-corrected chi connectivity index (χ2v) is 5.57. The van der Waals surface area contributed by atoms with E-state index in [2.05, 4.69) is 6.07 Å². The summed E-state index contributed by atoms with van der Waals surface area (Å²) in [5.41, 5.74) is 4.77. The van der Waals surface area contributed by atoms with Gasteiger partial charge >= 0.3 is 0 Å². The van der Waals surface area contributed by atoms with Crippen molar-refractivity contribution in [2.45, 2.75) is 13.2 Å². The third-order valence-corrected chi connectivity index (χ3v) is 4.18. The standard InChI is InChI=1S/C18H16N2O2/c19-18-17(12-4-2-1-3-5-12)16(21)9-20(18)15-7-6-13-10-22-11-14(13)8-15/h1-8,19,21H,9-11H2. The van der Waals surface area contributed by atoms with Crippen molar-refractivity contribution >= 4 is 17.1 Å². The molecular formula is C18H16N2O2. The number of anilines is 1. The van der Waals surface area contributed by atoms with E-state index in [-0.39, 0.29) is 5.76 Å². The first-order chi connectivity index (χ1) is 10.7. The van der Waals surface area contributed by atoms with Crippen molar-refractivity contribution in [2.75, 3.05) is 11.4 Å². The molecule has 0 unspecified atom stereocenters. The average molecular weight is 292 g/mol. The molecule has 4 nitrogen and oxygen atoms in total. The molecule has 0 aliphatic carbocycles. The van der Waals surface area contributed by atoms with Gasteiger partial charge in [0.05, 0.1) is 25.3 Å². The fourth-order valence-electron chi connectivity index (χ4n) is 3.03. The quantitative estimate of drug-likeness (QED) is 0.891. The Morgan fingerprint density at radius 1 is 1.00 bits per heavy atom. The van der Waals surface area contributed by atoms with E-state index in [9.17, 15) is 5.11 Å². The largest absolute Gasteiger partial charge is 0.510 e. The summed E-state index contributed by atoms with van der Waals surface area (Å²) in [4.78, 5) is 1.83. The van der Waals surface area contributed by atoms with Crippen LogP contribution in [0.2, 0.25) is 0 Å². The number of fused-ring (bicyclic) bond motifs is 1. The Bertz CT molecular complexity index is 781. The van der Waals surface area contributed by atoms with Gasteiger partial charge in [-0.1, -0.05) is 36.4 Å². The number of amidine groups is 1. The summed E-state index contributed by atoms with van der Waals surface area (Å²) < 4.78 is 5.44. The summed E-state index contributed by atoms with van der Waals surface area (Å²) in [6.07, 6.45) is 0. The Kier molecular flexibility index (Phi) is 2.98. The normalized spacial score (nSPS) is 17.3. The van der Waals surface area contributed by atoms with E-state index in [4.69, 9.17) is 10.1 Å². The van der Waals surface area contributed by atoms with Crippen molar-refractivity contribution in [3.05, 3.63) is 71.0 Å². The molecule has 0 fully saturated rings. The molecule has 110 valence electrons. The van der Waals surface area contributed by atoms with Crippen molar-refractivity contribution in [1.82, 2.24) is 0 Å². The number of hydrogen-bond acceptors (Lipinski definition) is 3. The third-order valence-electron chi connectivity index (χ3n) is 4.18. The number of benzene rings is 2. The molecule has 4 heteroatoms. The van der Waals surface area contributed by atoms with Gasteiger partial charge < -0.3 is 14.7 Å². The van der Waals surface area contributed by atoms with Crippen LogP contribution in [0.5, 0.6) is 0 Å². The second-order valence-electron chi connectivity index (χ2n) is 5.57. The van der Waals surface area contributed by atoms with Crippen molar-refractivity contribution < 1.29 is 9.84 Å². The monoisotopic (exact) mass is 292 g/mol. The smallest absolute Gasteiger partial charge is 0.137 e. The lowest BCUT2D eigenvalue weighted by atomic mass is 10.1. The summed E-state index contributed by atoms with van der Waals surface area (Å²) in [7, 11) is 0. The summed E-state index contributed by atoms with van der Waals surface area (Å²) in [6, 6.07) is 15.7. The van der Waals surface area contributed by atoms with Crippen LogP contribution < -0.4 is 4.90 Å². The van der Waals surface area contributed by atoms with Crippen LogP contribution in [-0.4, -0.2) is 17.5 Å². The molecule has 0 atom stereocenters. The highest BCUT2D eigenvalue weighted by atomic mass is 16.5. The molecule has 0 aromatic heterocycles. The van der Waals surface area contributed by atoms with Gasteiger partial charge in [-0.3, -0.25) is 5.41 Å². The molecule has 2 aliphatic rings. The van der Waals surface area contributed by atoms with Crippen LogP contribution in [0.25, 0.3) is 5.57 Å². The van der Waals surface area contributed by atoms with Crippen molar-refractivity contribution in [1.29, 1.82) is 5.41 Å². The zero-order valence-corrected chi connectivity index (χ0v) is 12.0. The second kappa shape index (κ2) is 5.00. The number of aliphatic hydroxyl groups is 1. The lowest BCUT2D eigenvalue weighted by Gasteiger charge is -2.19. The molecule has 22 heavy (non-hydrogen) atoms. The van der Waals surface area contributed by atoms with Crippen LogP contribution in [0.1, 0.15) is 16.7 Å². The van der Waals surface area contributed by atoms with E-state index in [1.807, 2.05) is 47.4 Å². The van der Waals surface area contributed by atoms with E-state index in [1.165, 1.54) is 5.56 Å². The number of ether oxygens (including phenoxy) is 1. The predicted molar refractivity (Wildman–Crippen MR) is 86.0 cm³/mol. The van der Waals surface area contributed by atoms with Gasteiger partial charge in [-0.05, 0) is 28.8 Å². The molecule has 0 amide bonds. The molecule has 2 aliphatic heterocycles. The first-order valence-electron chi connectivity index (χ1n) is 7.27. The van der Waals surface area contributed by atoms with Gasteiger partial charge in [0.15, 0.2) is 0 Å². The van der Waals surface area contributed by atoms with Gasteiger partial charge in [0.2, 0.25) is 0 Å². The van der Waals surface area contributed by atoms with E-state index < -0.39 is 0 Å². The van der Waals surface area contributed by atoms with E-state index in [0.29, 0.717) is 31.2 Å². The maximum absolute atomic E-state index is 10.3. The van der Waals surface area contributed by atoms with Crippen LogP contribution in [0.15, 0.2) is 54.3 Å². The Labute approximate surface area is 128 Å². The summed E-state index contributed by atoms with van der Waals surface area (Å²) in [5, 5.41) is 18.8. The number of nitrogens with zero attached hydrogens (tertiary/aromatic N) is 1. The SMILES string of the molecule is N=C1C(c2ccccc2)=C(O)CN1c1ccc2c(c1)COC2. The van der Waals surface area contributed by atoms with Gasteiger partial charge in [0.25, 0.3) is 0 Å². The van der Waals surface area contributed by atoms with Crippen LogP contribution in [0.4, 0.5) is 5.69 Å². The Morgan fingerprint density at radius 3 is 2.59 bits per heavy atom. The maximum Gasteiger partial charge on any atom is 0.137 e. The number of nitrogens with one attached hydrogen (secondary N) is 1. The number of aliphatic hydroxyl groups excluding tert-OH is 1. The molecule has 0 saturated carbocycles. The molecule has 0 bridgehead atoms. The molecule has 0 saturated heterocycles. The van der Waals surface area contributed by atoms with Gasteiger partial charge in [0, 0.05) is 5.69 Å². The highest BCUT2D eigenvalue weighted by Crippen LogP contribution is 2.33. The lowest BCUT2D eigenvalue weighted by Crippen LogP contribution is -2.26. The van der Waals surface area contributed by atoms with Crippen molar-refractivity contribution in [3.8, 4) is 0 Å². The predicted octanol–water partition coefficient (Wildman–Crippen LogP) is 3.48. The highest BCUT2D eigenvalue weighted by molar-refractivity contribution is 6.30. The van der Waals surface area contributed by atoms with Gasteiger partial charge in [-0.25, -0.2) is 0 Å². The minimum atomic E-state index is 0.243. The summed E-state index contributed by atoms with van der Waals surface area (Å²) in [5.74, 6) is 0.579.